The van der Waals surface area contributed by atoms with E-state index in [1.54, 1.807) is 48.7 Å². The molecule has 6 rings (SSSR count). The number of carbonyl (C=O) groups excluding carboxylic acids is 6. The number of carbonyl (C=O) groups is 7. The van der Waals surface area contributed by atoms with Crippen molar-refractivity contribution in [2.45, 2.75) is 89.1 Å². The molecule has 0 radical (unpaired) electrons. The van der Waals surface area contributed by atoms with Crippen LogP contribution < -0.4 is 32.6 Å². The molecule has 310 valence electrons. The van der Waals surface area contributed by atoms with Gasteiger partial charge in [-0.25, -0.2) is 4.79 Å². The summed E-state index contributed by atoms with van der Waals surface area (Å²) in [5.41, 5.74) is 8.63. The number of amides is 6. The van der Waals surface area contributed by atoms with E-state index in [2.05, 4.69) is 36.2 Å². The predicted molar refractivity (Wildman–Crippen MR) is 215 cm³/mol. The SMILES string of the molecule is Nc1nc2[nH]cc(CCc3ccc(C(=O)NC(CCC(=O)NCCCCCCCCNc4cccc5c4C(=O)N(C4CCC(=O)NC4=O)C5=O)C(=O)O)cc3)c2c(=O)[nH]1. The number of aromatic nitrogens is 3. The quantitative estimate of drug-likeness (QED) is 0.0473. The van der Waals surface area contributed by atoms with Gasteiger partial charge >= 0.3 is 5.97 Å². The largest absolute Gasteiger partial charge is 0.480 e. The normalized spacial score (nSPS) is 15.5. The highest BCUT2D eigenvalue weighted by Gasteiger charge is 2.45. The number of fused-ring (bicyclic) bond motifs is 2. The maximum Gasteiger partial charge on any atom is 0.326 e. The number of carboxylic acid groups (broad SMARTS) is 1. The number of carboxylic acids is 1. The van der Waals surface area contributed by atoms with E-state index in [0.717, 1.165) is 54.6 Å². The second kappa shape index (κ2) is 19.1. The van der Waals surface area contributed by atoms with Crippen LogP contribution in [0.15, 0.2) is 53.5 Å². The van der Waals surface area contributed by atoms with Gasteiger partial charge in [-0.05, 0) is 73.9 Å². The molecule has 2 atom stereocenters. The van der Waals surface area contributed by atoms with Crippen LogP contribution >= 0.6 is 0 Å². The number of anilines is 2. The molecule has 2 aliphatic rings. The number of rotatable bonds is 20. The maximum atomic E-state index is 13.2. The maximum absolute atomic E-state index is 13.2. The molecular weight excluding hydrogens is 763 g/mol. The Labute approximate surface area is 338 Å². The summed E-state index contributed by atoms with van der Waals surface area (Å²) < 4.78 is 0. The van der Waals surface area contributed by atoms with Crippen molar-refractivity contribution < 1.29 is 38.7 Å². The molecule has 2 aliphatic heterocycles. The molecule has 4 aromatic rings. The molecule has 2 aromatic carbocycles. The van der Waals surface area contributed by atoms with E-state index in [4.69, 9.17) is 5.73 Å². The Bertz CT molecular complexity index is 2320. The minimum atomic E-state index is -1.25. The molecule has 2 aromatic heterocycles. The van der Waals surface area contributed by atoms with Crippen LogP contribution in [0.3, 0.4) is 0 Å². The van der Waals surface area contributed by atoms with Crippen LogP contribution in [0.2, 0.25) is 0 Å². The number of nitrogens with zero attached hydrogens (tertiary/aromatic N) is 2. The Kier molecular flexibility index (Phi) is 13.5. The van der Waals surface area contributed by atoms with Crippen molar-refractivity contribution in [3.63, 3.8) is 0 Å². The fraction of sp³-hybridized carbons (Fsp3) is 0.390. The number of nitrogens with two attached hydrogens (primary N) is 1. The molecule has 18 heteroatoms. The molecule has 18 nitrogen and oxygen atoms in total. The zero-order chi connectivity index (χ0) is 42.1. The van der Waals surface area contributed by atoms with E-state index in [1.165, 1.54) is 0 Å². The third-order valence-electron chi connectivity index (χ3n) is 10.5. The monoisotopic (exact) mass is 809 g/mol. The highest BCUT2D eigenvalue weighted by atomic mass is 16.4. The fourth-order valence-corrected chi connectivity index (χ4v) is 7.35. The number of aliphatic carboxylic acids is 1. The van der Waals surface area contributed by atoms with Gasteiger partial charge in [-0.3, -0.25) is 48.8 Å². The summed E-state index contributed by atoms with van der Waals surface area (Å²) in [5.74, 6) is -4.26. The van der Waals surface area contributed by atoms with E-state index in [1.807, 2.05) is 0 Å². The number of benzene rings is 2. The standard InChI is InChI=1S/C41H47N9O9/c42-41-48-34-32(37(55)49-41)25(22-45-34)15-12-23-10-13-24(14-11-23)35(53)46-28(40(58)59)16-18-30(51)44-21-6-4-2-1-3-5-20-43-27-9-7-8-26-33(27)39(57)50(38(26)56)29-17-19-31(52)47-36(29)54/h7-11,13-14,22,28-29,43H,1-6,12,15-21H2,(H,44,51)(H,46,53)(H,58,59)(H,47,52,54)(H4,42,45,48,49,55). The van der Waals surface area contributed by atoms with Crippen molar-refractivity contribution in [1.82, 2.24) is 35.8 Å². The van der Waals surface area contributed by atoms with Gasteiger partial charge in [0.2, 0.25) is 23.7 Å². The molecule has 0 spiro atoms. The van der Waals surface area contributed by atoms with Crippen molar-refractivity contribution in [2.24, 2.45) is 0 Å². The summed E-state index contributed by atoms with van der Waals surface area (Å²) in [7, 11) is 0. The molecule has 1 saturated heterocycles. The van der Waals surface area contributed by atoms with Crippen molar-refractivity contribution in [3.8, 4) is 0 Å². The lowest BCUT2D eigenvalue weighted by Gasteiger charge is -2.27. The summed E-state index contributed by atoms with van der Waals surface area (Å²) in [6.07, 6.45) is 8.10. The molecular formula is C41H47N9O9. The van der Waals surface area contributed by atoms with Gasteiger partial charge < -0.3 is 31.8 Å². The van der Waals surface area contributed by atoms with Crippen LogP contribution in [-0.4, -0.2) is 91.5 Å². The number of aromatic amines is 2. The van der Waals surface area contributed by atoms with Gasteiger partial charge in [-0.15, -0.1) is 0 Å². The lowest BCUT2D eigenvalue weighted by molar-refractivity contribution is -0.140. The Balaban J connectivity index is 0.830. The number of nitrogen functional groups attached to an aromatic ring is 1. The van der Waals surface area contributed by atoms with E-state index < -0.39 is 47.6 Å². The minimum absolute atomic E-state index is 0.0264. The van der Waals surface area contributed by atoms with Crippen LogP contribution in [0.4, 0.5) is 11.6 Å². The molecule has 4 heterocycles. The van der Waals surface area contributed by atoms with Crippen LogP contribution in [-0.2, 0) is 32.0 Å². The Hall–Kier alpha value is -6.85. The Morgan fingerprint density at radius 2 is 1.64 bits per heavy atom. The molecule has 0 bridgehead atoms. The topological polar surface area (TPSA) is 279 Å². The van der Waals surface area contributed by atoms with Crippen molar-refractivity contribution in [3.05, 3.63) is 86.8 Å². The average Bonchev–Trinajstić information content (AvgIpc) is 3.73. The zero-order valence-electron chi connectivity index (χ0n) is 32.4. The van der Waals surface area contributed by atoms with Crippen LogP contribution in [0.5, 0.6) is 0 Å². The predicted octanol–water partition coefficient (Wildman–Crippen LogP) is 2.55. The molecule has 59 heavy (non-hydrogen) atoms. The molecule has 0 aliphatic carbocycles. The highest BCUT2D eigenvalue weighted by Crippen LogP contribution is 2.32. The van der Waals surface area contributed by atoms with Crippen molar-refractivity contribution in [1.29, 1.82) is 0 Å². The van der Waals surface area contributed by atoms with Crippen LogP contribution in [0, 0.1) is 0 Å². The fourth-order valence-electron chi connectivity index (χ4n) is 7.35. The van der Waals surface area contributed by atoms with Gasteiger partial charge in [-0.1, -0.05) is 43.9 Å². The number of hydrogen-bond acceptors (Lipinski definition) is 11. The molecule has 6 amide bonds. The minimum Gasteiger partial charge on any atom is -0.480 e. The lowest BCUT2D eigenvalue weighted by atomic mass is 10.0. The first kappa shape index (κ1) is 41.8. The molecule has 0 saturated carbocycles. The van der Waals surface area contributed by atoms with Gasteiger partial charge in [0.05, 0.1) is 16.5 Å². The molecule has 2 unspecified atom stereocenters. The van der Waals surface area contributed by atoms with E-state index in [0.29, 0.717) is 42.7 Å². The van der Waals surface area contributed by atoms with E-state index in [-0.39, 0.29) is 59.8 Å². The smallest absolute Gasteiger partial charge is 0.326 e. The third kappa shape index (κ3) is 10.2. The van der Waals surface area contributed by atoms with Crippen molar-refractivity contribution in [2.75, 3.05) is 24.1 Å². The molecule has 9 N–H and O–H groups in total. The number of aryl methyl sites for hydroxylation is 2. The second-order valence-corrected chi connectivity index (χ2v) is 14.7. The van der Waals surface area contributed by atoms with Gasteiger partial charge in [0.25, 0.3) is 23.3 Å². The van der Waals surface area contributed by atoms with Gasteiger partial charge in [0, 0.05) is 43.4 Å². The Morgan fingerprint density at radius 3 is 2.37 bits per heavy atom. The summed E-state index contributed by atoms with van der Waals surface area (Å²) in [6.45, 7) is 1.02. The van der Waals surface area contributed by atoms with Crippen LogP contribution in [0.1, 0.15) is 106 Å². The number of hydrogen-bond donors (Lipinski definition) is 8. The number of H-pyrrole nitrogens is 2. The average molecular weight is 810 g/mol. The van der Waals surface area contributed by atoms with Gasteiger partial charge in [0.15, 0.2) is 0 Å². The number of unbranched alkanes of at least 4 members (excludes halogenated alkanes) is 5. The first-order valence-electron chi connectivity index (χ1n) is 19.7. The number of imide groups is 2. The second-order valence-electron chi connectivity index (χ2n) is 14.7. The van der Waals surface area contributed by atoms with Gasteiger partial charge in [-0.2, -0.15) is 4.98 Å². The summed E-state index contributed by atoms with van der Waals surface area (Å²) in [4.78, 5) is 110. The third-order valence-corrected chi connectivity index (χ3v) is 10.5. The Morgan fingerprint density at radius 1 is 0.915 bits per heavy atom. The zero-order valence-corrected chi connectivity index (χ0v) is 32.4. The first-order valence-corrected chi connectivity index (χ1v) is 19.7. The number of piperidine rings is 1. The highest BCUT2D eigenvalue weighted by molar-refractivity contribution is 6.25. The first-order chi connectivity index (χ1) is 28.4. The van der Waals surface area contributed by atoms with Crippen LogP contribution in [0.25, 0.3) is 11.0 Å². The van der Waals surface area contributed by atoms with Crippen molar-refractivity contribution >= 4 is 64.1 Å². The summed E-state index contributed by atoms with van der Waals surface area (Å²) >= 11 is 0. The molecule has 1 fully saturated rings. The lowest BCUT2D eigenvalue weighted by Crippen LogP contribution is -2.54. The van der Waals surface area contributed by atoms with E-state index in [9.17, 15) is 43.5 Å². The number of nitrogens with one attached hydrogen (secondary N) is 6. The van der Waals surface area contributed by atoms with E-state index >= 15 is 0 Å². The summed E-state index contributed by atoms with van der Waals surface area (Å²) in [6, 6.07) is 9.42. The summed E-state index contributed by atoms with van der Waals surface area (Å²) in [5, 5.41) is 20.9. The van der Waals surface area contributed by atoms with Gasteiger partial charge in [0.1, 0.15) is 17.7 Å².